The number of nitrogens with two attached hydrogens (primary N) is 1. The second kappa shape index (κ2) is 6.83. The van der Waals surface area contributed by atoms with Gasteiger partial charge >= 0.3 is 0 Å². The van der Waals surface area contributed by atoms with Crippen LogP contribution in [0, 0.1) is 0 Å². The number of halogens is 1. The summed E-state index contributed by atoms with van der Waals surface area (Å²) in [7, 11) is 3.24. The van der Waals surface area contributed by atoms with Gasteiger partial charge in [0.2, 0.25) is 0 Å². The SMILES string of the molecule is CCOC(CN)c1cc(OC)c(Br)cc1OC. The van der Waals surface area contributed by atoms with Crippen LogP contribution < -0.4 is 15.2 Å². The first kappa shape index (κ1) is 14.3. The smallest absolute Gasteiger partial charge is 0.133 e. The van der Waals surface area contributed by atoms with Crippen LogP contribution >= 0.6 is 15.9 Å². The van der Waals surface area contributed by atoms with Gasteiger partial charge in [0.15, 0.2) is 0 Å². The highest BCUT2D eigenvalue weighted by molar-refractivity contribution is 9.10. The summed E-state index contributed by atoms with van der Waals surface area (Å²) in [5.74, 6) is 1.47. The van der Waals surface area contributed by atoms with Gasteiger partial charge in [-0.3, -0.25) is 0 Å². The Morgan fingerprint density at radius 1 is 1.24 bits per heavy atom. The first-order valence-corrected chi connectivity index (χ1v) is 6.20. The van der Waals surface area contributed by atoms with Crippen molar-refractivity contribution in [2.75, 3.05) is 27.4 Å². The van der Waals surface area contributed by atoms with Gasteiger partial charge in [0.25, 0.3) is 0 Å². The van der Waals surface area contributed by atoms with Gasteiger partial charge in [-0.25, -0.2) is 0 Å². The van der Waals surface area contributed by atoms with E-state index < -0.39 is 0 Å². The molecule has 4 nitrogen and oxygen atoms in total. The van der Waals surface area contributed by atoms with E-state index in [1.165, 1.54) is 0 Å². The highest BCUT2D eigenvalue weighted by Gasteiger charge is 2.17. The van der Waals surface area contributed by atoms with E-state index in [1.54, 1.807) is 14.2 Å². The molecule has 1 aromatic rings. The lowest BCUT2D eigenvalue weighted by atomic mass is 10.1. The lowest BCUT2D eigenvalue weighted by Gasteiger charge is -2.19. The molecule has 0 saturated carbocycles. The number of benzene rings is 1. The normalized spacial score (nSPS) is 12.3. The lowest BCUT2D eigenvalue weighted by Crippen LogP contribution is -2.16. The Kier molecular flexibility index (Phi) is 5.74. The van der Waals surface area contributed by atoms with E-state index >= 15 is 0 Å². The molecule has 0 aromatic heterocycles. The largest absolute Gasteiger partial charge is 0.496 e. The van der Waals surface area contributed by atoms with Crippen LogP contribution in [0.1, 0.15) is 18.6 Å². The Labute approximate surface area is 110 Å². The summed E-state index contributed by atoms with van der Waals surface area (Å²) in [6, 6.07) is 3.74. The molecular formula is C12H18BrNO3. The lowest BCUT2D eigenvalue weighted by molar-refractivity contribution is 0.0668. The van der Waals surface area contributed by atoms with Gasteiger partial charge in [-0.15, -0.1) is 0 Å². The van der Waals surface area contributed by atoms with Crippen LogP contribution in [0.4, 0.5) is 0 Å². The number of methoxy groups -OCH3 is 2. The van der Waals surface area contributed by atoms with Gasteiger partial charge in [-0.1, -0.05) is 0 Å². The summed E-state index contributed by atoms with van der Waals surface area (Å²) in [5.41, 5.74) is 6.61. The third kappa shape index (κ3) is 3.34. The highest BCUT2D eigenvalue weighted by Crippen LogP contribution is 2.36. The van der Waals surface area contributed by atoms with Crippen molar-refractivity contribution in [1.29, 1.82) is 0 Å². The summed E-state index contributed by atoms with van der Waals surface area (Å²) in [6.07, 6.45) is -0.183. The van der Waals surface area contributed by atoms with Gasteiger partial charge in [0.05, 0.1) is 24.8 Å². The van der Waals surface area contributed by atoms with Crippen LogP contribution in [0.2, 0.25) is 0 Å². The van der Waals surface area contributed by atoms with E-state index in [0.717, 1.165) is 21.5 Å². The summed E-state index contributed by atoms with van der Waals surface area (Å²) < 4.78 is 17.0. The molecule has 1 rings (SSSR count). The molecule has 0 bridgehead atoms. The zero-order chi connectivity index (χ0) is 12.8. The van der Waals surface area contributed by atoms with Crippen LogP contribution in [0.15, 0.2) is 16.6 Å². The molecule has 0 aliphatic carbocycles. The molecule has 0 fully saturated rings. The molecule has 96 valence electrons. The minimum atomic E-state index is -0.183. The van der Waals surface area contributed by atoms with Gasteiger partial charge in [0, 0.05) is 18.7 Å². The Balaban J connectivity index is 3.18. The standard InChI is InChI=1S/C12H18BrNO3/c1-4-17-12(7-14)8-5-11(16-3)9(13)6-10(8)15-2/h5-6,12H,4,7,14H2,1-3H3. The zero-order valence-electron chi connectivity index (χ0n) is 10.3. The van der Waals surface area contributed by atoms with Crippen LogP contribution in [0.3, 0.4) is 0 Å². The van der Waals surface area contributed by atoms with Crippen LogP contribution in [-0.2, 0) is 4.74 Å². The van der Waals surface area contributed by atoms with Gasteiger partial charge < -0.3 is 19.9 Å². The maximum atomic E-state index is 5.71. The topological polar surface area (TPSA) is 53.7 Å². The molecule has 1 atom stereocenters. The van der Waals surface area contributed by atoms with E-state index in [-0.39, 0.29) is 6.10 Å². The van der Waals surface area contributed by atoms with Crippen LogP contribution in [0.25, 0.3) is 0 Å². The molecule has 0 aliphatic heterocycles. The number of hydrogen-bond acceptors (Lipinski definition) is 4. The van der Waals surface area contributed by atoms with Crippen molar-refractivity contribution in [3.05, 3.63) is 22.2 Å². The van der Waals surface area contributed by atoms with E-state index in [4.69, 9.17) is 19.9 Å². The number of ether oxygens (including phenoxy) is 3. The van der Waals surface area contributed by atoms with Crippen molar-refractivity contribution < 1.29 is 14.2 Å². The van der Waals surface area contributed by atoms with Crippen molar-refractivity contribution in [2.24, 2.45) is 5.73 Å². The molecule has 5 heteroatoms. The number of hydrogen-bond donors (Lipinski definition) is 1. The molecule has 0 radical (unpaired) electrons. The second-order valence-corrected chi connectivity index (χ2v) is 4.26. The maximum Gasteiger partial charge on any atom is 0.133 e. The summed E-state index contributed by atoms with van der Waals surface area (Å²) in [6.45, 7) is 2.93. The first-order chi connectivity index (χ1) is 8.17. The Morgan fingerprint density at radius 2 is 1.88 bits per heavy atom. The molecule has 0 spiro atoms. The van der Waals surface area contributed by atoms with Gasteiger partial charge in [0.1, 0.15) is 11.5 Å². The third-order valence-electron chi connectivity index (χ3n) is 2.43. The van der Waals surface area contributed by atoms with Crippen LogP contribution in [-0.4, -0.2) is 27.4 Å². The average molecular weight is 304 g/mol. The fraction of sp³-hybridized carbons (Fsp3) is 0.500. The van der Waals surface area contributed by atoms with E-state index in [9.17, 15) is 0 Å². The highest BCUT2D eigenvalue weighted by atomic mass is 79.9. The molecule has 1 aromatic carbocycles. The van der Waals surface area contributed by atoms with E-state index in [1.807, 2.05) is 19.1 Å². The Morgan fingerprint density at radius 3 is 2.35 bits per heavy atom. The maximum absolute atomic E-state index is 5.71. The minimum absolute atomic E-state index is 0.183. The first-order valence-electron chi connectivity index (χ1n) is 5.41. The predicted octanol–water partition coefficient (Wildman–Crippen LogP) is 2.50. The molecular weight excluding hydrogens is 286 g/mol. The quantitative estimate of drug-likeness (QED) is 0.877. The van der Waals surface area contributed by atoms with Crippen molar-refractivity contribution in [3.8, 4) is 11.5 Å². The molecule has 0 amide bonds. The summed E-state index contributed by atoms with van der Waals surface area (Å²) in [5, 5.41) is 0. The van der Waals surface area contributed by atoms with E-state index in [0.29, 0.717) is 13.2 Å². The molecule has 1 unspecified atom stereocenters. The summed E-state index contributed by atoms with van der Waals surface area (Å²) in [4.78, 5) is 0. The van der Waals surface area contributed by atoms with Crippen molar-refractivity contribution in [1.82, 2.24) is 0 Å². The van der Waals surface area contributed by atoms with Crippen LogP contribution in [0.5, 0.6) is 11.5 Å². The number of rotatable bonds is 6. The average Bonchev–Trinajstić information content (AvgIpc) is 2.35. The Bertz CT molecular complexity index is 371. The molecule has 0 aliphatic rings. The minimum Gasteiger partial charge on any atom is -0.496 e. The van der Waals surface area contributed by atoms with Crippen molar-refractivity contribution >= 4 is 15.9 Å². The zero-order valence-corrected chi connectivity index (χ0v) is 11.9. The van der Waals surface area contributed by atoms with Crippen molar-refractivity contribution in [3.63, 3.8) is 0 Å². The fourth-order valence-corrected chi connectivity index (χ4v) is 2.11. The molecule has 0 heterocycles. The van der Waals surface area contributed by atoms with Gasteiger partial charge in [-0.05, 0) is 35.0 Å². The van der Waals surface area contributed by atoms with Gasteiger partial charge in [-0.2, -0.15) is 0 Å². The molecule has 0 saturated heterocycles. The third-order valence-corrected chi connectivity index (χ3v) is 3.05. The van der Waals surface area contributed by atoms with E-state index in [2.05, 4.69) is 15.9 Å². The Hall–Kier alpha value is -0.780. The predicted molar refractivity (Wildman–Crippen MR) is 70.7 cm³/mol. The summed E-state index contributed by atoms with van der Waals surface area (Å²) >= 11 is 3.42. The molecule has 2 N–H and O–H groups in total. The van der Waals surface area contributed by atoms with Crippen molar-refractivity contribution in [2.45, 2.75) is 13.0 Å². The fourth-order valence-electron chi connectivity index (χ4n) is 1.62. The monoisotopic (exact) mass is 303 g/mol. The second-order valence-electron chi connectivity index (χ2n) is 3.41. The molecule has 17 heavy (non-hydrogen) atoms.